The van der Waals surface area contributed by atoms with Gasteiger partial charge in [-0.15, -0.1) is 0 Å². The molecule has 4 heteroatoms. The molecule has 0 unspecified atom stereocenters. The fourth-order valence-electron chi connectivity index (χ4n) is 1.77. The van der Waals surface area contributed by atoms with Crippen molar-refractivity contribution in [1.29, 1.82) is 5.26 Å². The van der Waals surface area contributed by atoms with Gasteiger partial charge in [0, 0.05) is 18.6 Å². The lowest BCUT2D eigenvalue weighted by Gasteiger charge is -1.98. The van der Waals surface area contributed by atoms with E-state index in [1.807, 2.05) is 34.4 Å². The van der Waals surface area contributed by atoms with Crippen LogP contribution in [-0.4, -0.2) is 5.75 Å². The van der Waals surface area contributed by atoms with Crippen molar-refractivity contribution in [1.82, 2.24) is 0 Å². The third-order valence-electron chi connectivity index (χ3n) is 2.78. The van der Waals surface area contributed by atoms with Gasteiger partial charge in [0.2, 0.25) is 4.69 Å². The summed E-state index contributed by atoms with van der Waals surface area (Å²) in [5.74, 6) is 0.938. The minimum absolute atomic E-state index is 0.656. The van der Waals surface area contributed by atoms with E-state index in [2.05, 4.69) is 17.7 Å². The first-order valence-electron chi connectivity index (χ1n) is 6.76. The van der Waals surface area contributed by atoms with Crippen LogP contribution in [0.3, 0.4) is 0 Å². The lowest BCUT2D eigenvalue weighted by Crippen LogP contribution is -1.85. The Hall–Kier alpha value is -0.110. The van der Waals surface area contributed by atoms with Gasteiger partial charge < -0.3 is 0 Å². The quantitative estimate of drug-likeness (QED) is 0.300. The van der Waals surface area contributed by atoms with Crippen LogP contribution >= 0.6 is 34.4 Å². The molecule has 0 atom stereocenters. The van der Waals surface area contributed by atoms with Crippen LogP contribution < -0.4 is 0 Å². The van der Waals surface area contributed by atoms with Crippen LogP contribution in [0.15, 0.2) is 8.90 Å². The molecule has 1 nitrogen and oxygen atoms in total. The summed E-state index contributed by atoms with van der Waals surface area (Å²) in [7, 11) is 0. The number of aryl methyl sites for hydroxylation is 1. The summed E-state index contributed by atoms with van der Waals surface area (Å²) in [5.41, 5.74) is 0. The Labute approximate surface area is 123 Å². The molecule has 0 aliphatic heterocycles. The van der Waals surface area contributed by atoms with Crippen LogP contribution in [0.2, 0.25) is 0 Å². The maximum Gasteiger partial charge on any atom is 0.243 e. The van der Waals surface area contributed by atoms with Crippen LogP contribution in [-0.2, 0) is 6.42 Å². The van der Waals surface area contributed by atoms with E-state index in [9.17, 15) is 0 Å². The molecule has 1 rings (SSSR count). The third-order valence-corrected chi connectivity index (χ3v) is 6.52. The maximum absolute atomic E-state index is 8.55. The molecule has 0 saturated carbocycles. The summed E-state index contributed by atoms with van der Waals surface area (Å²) in [6, 6.07) is 2.21. The molecule has 0 radical (unpaired) electrons. The van der Waals surface area contributed by atoms with Crippen molar-refractivity contribution < 1.29 is 0 Å². The van der Waals surface area contributed by atoms with Gasteiger partial charge in [0.25, 0.3) is 0 Å². The summed E-state index contributed by atoms with van der Waals surface area (Å²) in [4.78, 5) is 1.54. The van der Waals surface area contributed by atoms with E-state index < -0.39 is 0 Å². The SMILES string of the molecule is CCCCCCCCc1sc[s+]c1SCCC#N. The maximum atomic E-state index is 8.55. The van der Waals surface area contributed by atoms with E-state index >= 15 is 0 Å². The zero-order valence-corrected chi connectivity index (χ0v) is 13.6. The van der Waals surface area contributed by atoms with E-state index in [1.165, 1.54) is 49.2 Å². The van der Waals surface area contributed by atoms with Gasteiger partial charge in [-0.1, -0.05) is 50.8 Å². The molecule has 0 spiro atoms. The van der Waals surface area contributed by atoms with Gasteiger partial charge in [0.1, 0.15) is 0 Å². The van der Waals surface area contributed by atoms with Crippen molar-refractivity contribution in [3.05, 3.63) is 9.57 Å². The van der Waals surface area contributed by atoms with Gasteiger partial charge in [0.05, 0.1) is 28.7 Å². The zero-order chi connectivity index (χ0) is 13.1. The molecular formula is C14H22NS3+. The van der Waals surface area contributed by atoms with Gasteiger partial charge in [-0.2, -0.15) is 5.26 Å². The number of nitriles is 1. The molecule has 18 heavy (non-hydrogen) atoms. The fraction of sp³-hybridized carbons (Fsp3) is 0.714. The summed E-state index contributed by atoms with van der Waals surface area (Å²) < 4.78 is 3.67. The second-order valence-electron chi connectivity index (χ2n) is 4.32. The number of hydrogen-bond donors (Lipinski definition) is 0. The molecule has 0 aliphatic rings. The minimum atomic E-state index is 0.656. The number of rotatable bonds is 10. The minimum Gasteiger partial charge on any atom is -0.198 e. The van der Waals surface area contributed by atoms with Gasteiger partial charge >= 0.3 is 0 Å². The average Bonchev–Trinajstić information content (AvgIpc) is 2.82. The largest absolute Gasteiger partial charge is 0.243 e. The highest BCUT2D eigenvalue weighted by molar-refractivity contribution is 8.01. The number of nitrogens with zero attached hydrogens (tertiary/aromatic N) is 1. The number of unbranched alkanes of at least 4 members (excludes halogenated alkanes) is 5. The molecule has 0 bridgehead atoms. The van der Waals surface area contributed by atoms with Crippen molar-refractivity contribution in [2.75, 3.05) is 5.75 Å². The smallest absolute Gasteiger partial charge is 0.198 e. The van der Waals surface area contributed by atoms with Gasteiger partial charge in [-0.25, -0.2) is 0 Å². The Kier molecular flexibility index (Phi) is 9.55. The monoisotopic (exact) mass is 300 g/mol. The Morgan fingerprint density at radius 1 is 1.28 bits per heavy atom. The van der Waals surface area contributed by atoms with E-state index in [1.54, 1.807) is 4.88 Å². The highest BCUT2D eigenvalue weighted by Crippen LogP contribution is 2.33. The zero-order valence-electron chi connectivity index (χ0n) is 11.1. The summed E-state index contributed by atoms with van der Waals surface area (Å²) in [5, 5.41) is 8.55. The molecule has 100 valence electrons. The Bertz CT molecular complexity index is 354. The molecule has 0 aromatic carbocycles. The second-order valence-corrected chi connectivity index (χ2v) is 7.82. The molecular weight excluding hydrogens is 278 g/mol. The Balaban J connectivity index is 2.17. The van der Waals surface area contributed by atoms with Crippen molar-refractivity contribution in [3.8, 4) is 6.07 Å². The van der Waals surface area contributed by atoms with Crippen LogP contribution in [0.5, 0.6) is 0 Å². The fourth-order valence-corrected chi connectivity index (χ4v) is 5.50. The van der Waals surface area contributed by atoms with Crippen molar-refractivity contribution in [3.63, 3.8) is 0 Å². The lowest BCUT2D eigenvalue weighted by atomic mass is 10.1. The van der Waals surface area contributed by atoms with Crippen LogP contribution in [0.1, 0.15) is 56.7 Å². The molecule has 0 aliphatic carbocycles. The van der Waals surface area contributed by atoms with Crippen molar-refractivity contribution in [2.45, 2.75) is 62.5 Å². The third kappa shape index (κ3) is 6.72. The number of thioether (sulfide) groups is 1. The van der Waals surface area contributed by atoms with Gasteiger partial charge in [-0.05, 0) is 6.42 Å². The first-order valence-corrected chi connectivity index (χ1v) is 9.51. The lowest BCUT2D eigenvalue weighted by molar-refractivity contribution is 0.608. The topological polar surface area (TPSA) is 23.8 Å². The molecule has 1 aromatic rings. The van der Waals surface area contributed by atoms with Crippen LogP contribution in [0.4, 0.5) is 0 Å². The van der Waals surface area contributed by atoms with E-state index in [-0.39, 0.29) is 0 Å². The molecule has 1 heterocycles. The summed E-state index contributed by atoms with van der Waals surface area (Å²) in [6.45, 7) is 2.26. The Morgan fingerprint density at radius 2 is 2.06 bits per heavy atom. The van der Waals surface area contributed by atoms with E-state index in [4.69, 9.17) is 5.26 Å². The van der Waals surface area contributed by atoms with E-state index in [0.717, 1.165) is 5.75 Å². The van der Waals surface area contributed by atoms with Crippen LogP contribution in [0, 0.1) is 11.3 Å². The highest BCUT2D eigenvalue weighted by Gasteiger charge is 2.15. The molecule has 0 N–H and O–H groups in total. The average molecular weight is 301 g/mol. The highest BCUT2D eigenvalue weighted by atomic mass is 32.2. The molecule has 0 amide bonds. The van der Waals surface area contributed by atoms with Crippen molar-refractivity contribution in [2.24, 2.45) is 0 Å². The Morgan fingerprint density at radius 3 is 2.83 bits per heavy atom. The van der Waals surface area contributed by atoms with Gasteiger partial charge in [-0.3, -0.25) is 0 Å². The second kappa shape index (κ2) is 10.8. The summed E-state index contributed by atoms with van der Waals surface area (Å²) in [6.07, 6.45) is 10.1. The number of hydrogen-bond acceptors (Lipinski definition) is 3. The van der Waals surface area contributed by atoms with E-state index in [0.29, 0.717) is 6.42 Å². The summed E-state index contributed by atoms with van der Waals surface area (Å²) >= 11 is 5.59. The predicted molar refractivity (Wildman–Crippen MR) is 84.6 cm³/mol. The molecule has 1 aromatic heterocycles. The first kappa shape index (κ1) is 15.9. The standard InChI is InChI=1S/C14H22NS3/c1-2-3-4-5-6-7-9-13-14(18-12-17-13)16-11-8-10-15/h12H,2-9,11H2,1H3/q+1. The molecule has 0 fully saturated rings. The van der Waals surface area contributed by atoms with Gasteiger partial charge in [0.15, 0.2) is 9.09 Å². The normalized spacial score (nSPS) is 10.4. The van der Waals surface area contributed by atoms with Crippen LogP contribution in [0.25, 0.3) is 0 Å². The predicted octanol–water partition coefficient (Wildman–Crippen LogP) is 6.00. The molecule has 0 saturated heterocycles. The first-order chi connectivity index (χ1) is 8.88. The van der Waals surface area contributed by atoms with Crippen molar-refractivity contribution >= 4 is 34.4 Å².